The molecule has 4 heterocycles. The van der Waals surface area contributed by atoms with Crippen molar-refractivity contribution < 1.29 is 9.53 Å². The summed E-state index contributed by atoms with van der Waals surface area (Å²) in [7, 11) is 0. The molecule has 0 radical (unpaired) electrons. The van der Waals surface area contributed by atoms with Gasteiger partial charge in [0.15, 0.2) is 5.11 Å². The Morgan fingerprint density at radius 1 is 1.21 bits per heavy atom. The lowest BCUT2D eigenvalue weighted by molar-refractivity contribution is -0.123. The number of aromatic nitrogens is 2. The SMILES string of the molecule is N#CCN1CCC(Oc2ccc(N3C(=S)N(c4cncc(Cl)c4)C(=O)C34CCC4)cn2)CC1. The molecule has 0 aromatic carbocycles. The second kappa shape index (κ2) is 8.86. The lowest BCUT2D eigenvalue weighted by Crippen LogP contribution is -2.55. The first-order valence-corrected chi connectivity index (χ1v) is 11.8. The highest BCUT2D eigenvalue weighted by molar-refractivity contribution is 7.81. The van der Waals surface area contributed by atoms with Crippen LogP contribution in [0, 0.1) is 11.3 Å². The van der Waals surface area contributed by atoms with Gasteiger partial charge in [-0.15, -0.1) is 0 Å². The van der Waals surface area contributed by atoms with Crippen LogP contribution in [0.2, 0.25) is 5.02 Å². The van der Waals surface area contributed by atoms with E-state index in [9.17, 15) is 4.79 Å². The molecule has 2 saturated heterocycles. The van der Waals surface area contributed by atoms with E-state index in [2.05, 4.69) is 20.9 Å². The number of ether oxygens (including phenoxy) is 1. The number of pyridine rings is 2. The minimum atomic E-state index is -0.684. The zero-order chi connectivity index (χ0) is 23.0. The Hall–Kier alpha value is -2.80. The van der Waals surface area contributed by atoms with Crippen molar-refractivity contribution in [2.75, 3.05) is 29.4 Å². The number of likely N-dealkylation sites (tertiary alicyclic amines) is 1. The molecule has 1 saturated carbocycles. The molecule has 1 aliphatic carbocycles. The van der Waals surface area contributed by atoms with Gasteiger partial charge in [0, 0.05) is 25.4 Å². The predicted molar refractivity (Wildman–Crippen MR) is 128 cm³/mol. The van der Waals surface area contributed by atoms with Gasteiger partial charge in [-0.3, -0.25) is 19.6 Å². The number of hydrogen-bond acceptors (Lipinski definition) is 7. The minimum absolute atomic E-state index is 0.0488. The van der Waals surface area contributed by atoms with E-state index in [-0.39, 0.29) is 12.0 Å². The van der Waals surface area contributed by atoms with Crippen LogP contribution in [0.15, 0.2) is 36.8 Å². The molecule has 0 unspecified atom stereocenters. The third kappa shape index (κ3) is 3.92. The molecule has 0 bridgehead atoms. The molecule has 3 aliphatic rings. The topological polar surface area (TPSA) is 85.6 Å². The Morgan fingerprint density at radius 3 is 2.61 bits per heavy atom. The van der Waals surface area contributed by atoms with Gasteiger partial charge in [0.25, 0.3) is 5.91 Å². The van der Waals surface area contributed by atoms with Gasteiger partial charge >= 0.3 is 0 Å². The van der Waals surface area contributed by atoms with Crippen molar-refractivity contribution in [1.82, 2.24) is 14.9 Å². The van der Waals surface area contributed by atoms with Crippen LogP contribution < -0.4 is 14.5 Å². The van der Waals surface area contributed by atoms with Crippen molar-refractivity contribution in [3.63, 3.8) is 0 Å². The summed E-state index contributed by atoms with van der Waals surface area (Å²) in [4.78, 5) is 27.7. The monoisotopic (exact) mass is 482 g/mol. The van der Waals surface area contributed by atoms with E-state index in [4.69, 9.17) is 33.8 Å². The van der Waals surface area contributed by atoms with Gasteiger partial charge < -0.3 is 9.64 Å². The molecule has 1 spiro atoms. The largest absolute Gasteiger partial charge is 0.474 e. The fraction of sp³-hybridized carbons (Fsp3) is 0.435. The number of carbonyl (C=O) groups excluding carboxylic acids is 1. The Bertz CT molecular complexity index is 1110. The summed E-state index contributed by atoms with van der Waals surface area (Å²) in [6.07, 6.45) is 9.08. The van der Waals surface area contributed by atoms with Crippen molar-refractivity contribution >= 4 is 46.2 Å². The van der Waals surface area contributed by atoms with Crippen molar-refractivity contribution in [3.8, 4) is 11.9 Å². The van der Waals surface area contributed by atoms with Crippen molar-refractivity contribution in [1.29, 1.82) is 5.26 Å². The molecule has 0 atom stereocenters. The third-order valence-corrected chi connectivity index (χ3v) is 7.21. The quantitative estimate of drug-likeness (QED) is 0.472. The number of anilines is 2. The van der Waals surface area contributed by atoms with E-state index in [1.165, 1.54) is 11.1 Å². The molecule has 2 aromatic rings. The van der Waals surface area contributed by atoms with Gasteiger partial charge in [-0.25, -0.2) is 4.98 Å². The average Bonchev–Trinajstić information content (AvgIpc) is 3.03. The second-order valence-corrected chi connectivity index (χ2v) is 9.41. The Balaban J connectivity index is 1.34. The molecule has 2 aromatic heterocycles. The van der Waals surface area contributed by atoms with Crippen LogP contribution in [-0.2, 0) is 4.79 Å². The van der Waals surface area contributed by atoms with E-state index >= 15 is 0 Å². The van der Waals surface area contributed by atoms with Crippen molar-refractivity contribution in [3.05, 3.63) is 41.8 Å². The first-order chi connectivity index (χ1) is 16.0. The molecule has 0 N–H and O–H groups in total. The molecule has 170 valence electrons. The zero-order valence-corrected chi connectivity index (χ0v) is 19.6. The molecule has 33 heavy (non-hydrogen) atoms. The molecule has 3 fully saturated rings. The van der Waals surface area contributed by atoms with Gasteiger partial charge in [0.05, 0.1) is 41.4 Å². The van der Waals surface area contributed by atoms with Gasteiger partial charge in [0.2, 0.25) is 5.88 Å². The van der Waals surface area contributed by atoms with E-state index in [0.29, 0.717) is 28.2 Å². The first-order valence-electron chi connectivity index (χ1n) is 11.0. The maximum Gasteiger partial charge on any atom is 0.259 e. The number of nitriles is 1. The molecule has 1 amide bonds. The fourth-order valence-corrected chi connectivity index (χ4v) is 5.40. The predicted octanol–water partition coefficient (Wildman–Crippen LogP) is 3.56. The Labute approximate surface area is 202 Å². The number of rotatable bonds is 5. The lowest BCUT2D eigenvalue weighted by atomic mass is 9.75. The molecule has 8 nitrogen and oxygen atoms in total. The van der Waals surface area contributed by atoms with Crippen LogP contribution in [0.5, 0.6) is 5.88 Å². The summed E-state index contributed by atoms with van der Waals surface area (Å²) in [6.45, 7) is 2.15. The summed E-state index contributed by atoms with van der Waals surface area (Å²) in [5.41, 5.74) is 0.653. The number of thiocarbonyl (C=S) groups is 1. The number of carbonyl (C=O) groups is 1. The van der Waals surface area contributed by atoms with Gasteiger partial charge in [-0.2, -0.15) is 5.26 Å². The summed E-state index contributed by atoms with van der Waals surface area (Å²) in [6, 6.07) is 7.64. The summed E-state index contributed by atoms with van der Waals surface area (Å²) < 4.78 is 6.07. The van der Waals surface area contributed by atoms with Crippen LogP contribution in [-0.4, -0.2) is 57.2 Å². The highest BCUT2D eigenvalue weighted by atomic mass is 35.5. The number of nitrogens with zero attached hydrogens (tertiary/aromatic N) is 6. The van der Waals surface area contributed by atoms with E-state index in [0.717, 1.165) is 50.9 Å². The van der Waals surface area contributed by atoms with E-state index < -0.39 is 5.54 Å². The number of amides is 1. The fourth-order valence-electron chi connectivity index (χ4n) is 4.76. The maximum atomic E-state index is 13.5. The van der Waals surface area contributed by atoms with Gasteiger partial charge in [-0.1, -0.05) is 11.6 Å². The maximum absolute atomic E-state index is 13.5. The summed E-state index contributed by atoms with van der Waals surface area (Å²) in [5.74, 6) is 0.500. The van der Waals surface area contributed by atoms with Crippen LogP contribution in [0.1, 0.15) is 32.1 Å². The van der Waals surface area contributed by atoms with Crippen molar-refractivity contribution in [2.24, 2.45) is 0 Å². The summed E-state index contributed by atoms with van der Waals surface area (Å²) >= 11 is 11.9. The van der Waals surface area contributed by atoms with E-state index in [1.54, 1.807) is 18.5 Å². The number of halogens is 1. The zero-order valence-electron chi connectivity index (χ0n) is 18.0. The average molecular weight is 483 g/mol. The standard InChI is InChI=1S/C23H23ClN6O2S/c24-16-12-18(14-26-13-16)29-21(31)23(6-1-7-23)30(22(29)33)17-2-3-20(27-15-17)32-19-4-9-28(10-5-19)11-8-25/h2-3,12-15,19H,1,4-7,9-11H2. The highest BCUT2D eigenvalue weighted by Crippen LogP contribution is 2.47. The normalized spacial score (nSPS) is 20.7. The Morgan fingerprint density at radius 2 is 2.00 bits per heavy atom. The molecule has 10 heteroatoms. The lowest BCUT2D eigenvalue weighted by Gasteiger charge is -2.42. The van der Waals surface area contributed by atoms with Crippen LogP contribution in [0.3, 0.4) is 0 Å². The van der Waals surface area contributed by atoms with Crippen LogP contribution in [0.4, 0.5) is 11.4 Å². The van der Waals surface area contributed by atoms with Crippen LogP contribution >= 0.6 is 23.8 Å². The molecular formula is C23H23ClN6O2S. The van der Waals surface area contributed by atoms with Gasteiger partial charge in [0.1, 0.15) is 11.6 Å². The minimum Gasteiger partial charge on any atom is -0.474 e. The molecule has 5 rings (SSSR count). The van der Waals surface area contributed by atoms with Crippen molar-refractivity contribution in [2.45, 2.75) is 43.7 Å². The molecular weight excluding hydrogens is 460 g/mol. The van der Waals surface area contributed by atoms with Crippen LogP contribution in [0.25, 0.3) is 0 Å². The summed E-state index contributed by atoms with van der Waals surface area (Å²) in [5, 5.41) is 9.70. The Kier molecular flexibility index (Phi) is 5.91. The number of piperidine rings is 1. The third-order valence-electron chi connectivity index (χ3n) is 6.64. The highest BCUT2D eigenvalue weighted by Gasteiger charge is 2.59. The van der Waals surface area contributed by atoms with E-state index in [1.807, 2.05) is 17.0 Å². The number of hydrogen-bond donors (Lipinski definition) is 0. The van der Waals surface area contributed by atoms with Gasteiger partial charge in [-0.05, 0) is 56.5 Å². The first kappa shape index (κ1) is 22.0. The second-order valence-electron chi connectivity index (χ2n) is 8.61. The smallest absolute Gasteiger partial charge is 0.259 e. The molecule has 2 aliphatic heterocycles.